The van der Waals surface area contributed by atoms with Crippen molar-refractivity contribution in [2.24, 2.45) is 5.73 Å². The van der Waals surface area contributed by atoms with Gasteiger partial charge in [-0.1, -0.05) is 0 Å². The van der Waals surface area contributed by atoms with Crippen LogP contribution in [0.5, 0.6) is 0 Å². The number of aromatic nitrogens is 2. The van der Waals surface area contributed by atoms with E-state index in [0.29, 0.717) is 5.69 Å². The third-order valence-electron chi connectivity index (χ3n) is 4.07. The molecule has 5 N–H and O–H groups in total. The van der Waals surface area contributed by atoms with E-state index in [9.17, 15) is 14.4 Å². The van der Waals surface area contributed by atoms with Crippen molar-refractivity contribution in [3.05, 3.63) is 40.2 Å². The summed E-state index contributed by atoms with van der Waals surface area (Å²) in [4.78, 5) is 43.4. The van der Waals surface area contributed by atoms with Gasteiger partial charge in [-0.3, -0.25) is 19.4 Å². The van der Waals surface area contributed by atoms with E-state index in [1.807, 2.05) is 0 Å². The van der Waals surface area contributed by atoms with Gasteiger partial charge in [0.05, 0.1) is 0 Å². The Morgan fingerprint density at radius 1 is 1.27 bits per heavy atom. The summed E-state index contributed by atoms with van der Waals surface area (Å²) in [5.41, 5.74) is 5.91. The summed E-state index contributed by atoms with van der Waals surface area (Å²) < 4.78 is 0. The lowest BCUT2D eigenvalue weighted by Crippen LogP contribution is -2.28. The number of H-pyrrole nitrogens is 1. The number of anilines is 4. The quantitative estimate of drug-likeness (QED) is 0.614. The molecule has 1 heterocycles. The van der Waals surface area contributed by atoms with Crippen molar-refractivity contribution >= 4 is 35.0 Å². The predicted octanol–water partition coefficient (Wildman–Crippen LogP) is 1.17. The van der Waals surface area contributed by atoms with Gasteiger partial charge in [-0.25, -0.2) is 0 Å². The average molecular weight is 356 g/mol. The molecule has 2 aromatic rings. The van der Waals surface area contributed by atoms with Crippen LogP contribution in [0.15, 0.2) is 29.1 Å². The lowest BCUT2D eigenvalue weighted by molar-refractivity contribution is -0.116. The fraction of sp³-hybridized carbons (Fsp3) is 0.294. The largest absolute Gasteiger partial charge is 0.366 e. The number of benzene rings is 1. The second-order valence-electron chi connectivity index (χ2n) is 6.17. The Bertz CT molecular complexity index is 902. The standard InChI is InChI=1S/C17H20N6O3/c1-9(24)23(2)12-7-5-11(6-8-12)20-17-21-15(19-10-3-4-10)13(14(18)25)16(26)22-17/h5-8,10H,3-4H2,1-2H3,(H2,18,25)(H3,19,20,21,22,26). The Morgan fingerprint density at radius 2 is 1.92 bits per heavy atom. The van der Waals surface area contributed by atoms with E-state index in [1.165, 1.54) is 11.8 Å². The van der Waals surface area contributed by atoms with Crippen LogP contribution in [0.1, 0.15) is 30.1 Å². The van der Waals surface area contributed by atoms with E-state index in [-0.39, 0.29) is 29.3 Å². The third kappa shape index (κ3) is 3.82. The second-order valence-corrected chi connectivity index (χ2v) is 6.17. The number of carbonyl (C=O) groups excluding carboxylic acids is 2. The van der Waals surface area contributed by atoms with Gasteiger partial charge >= 0.3 is 0 Å². The van der Waals surface area contributed by atoms with Gasteiger partial charge in [0.15, 0.2) is 0 Å². The maximum Gasteiger partial charge on any atom is 0.267 e. The number of rotatable bonds is 6. The van der Waals surface area contributed by atoms with Crippen LogP contribution in [0, 0.1) is 0 Å². The van der Waals surface area contributed by atoms with Crippen LogP contribution >= 0.6 is 0 Å². The van der Waals surface area contributed by atoms with Crippen LogP contribution < -0.4 is 26.8 Å². The molecule has 9 heteroatoms. The number of carbonyl (C=O) groups is 2. The van der Waals surface area contributed by atoms with Crippen molar-refractivity contribution < 1.29 is 9.59 Å². The Labute approximate surface area is 149 Å². The molecular formula is C17H20N6O3. The zero-order valence-corrected chi connectivity index (χ0v) is 14.5. The normalized spacial score (nSPS) is 13.2. The monoisotopic (exact) mass is 356 g/mol. The molecule has 136 valence electrons. The van der Waals surface area contributed by atoms with Gasteiger partial charge in [0.1, 0.15) is 11.4 Å². The molecule has 26 heavy (non-hydrogen) atoms. The predicted molar refractivity (Wildman–Crippen MR) is 98.8 cm³/mol. The number of primary amides is 1. The fourth-order valence-electron chi connectivity index (χ4n) is 2.37. The minimum Gasteiger partial charge on any atom is -0.366 e. The molecule has 3 rings (SSSR count). The van der Waals surface area contributed by atoms with Gasteiger partial charge in [0.2, 0.25) is 11.9 Å². The smallest absolute Gasteiger partial charge is 0.267 e. The molecule has 0 unspecified atom stereocenters. The first-order chi connectivity index (χ1) is 12.3. The number of nitrogens with one attached hydrogen (secondary N) is 3. The van der Waals surface area contributed by atoms with E-state index in [1.54, 1.807) is 31.3 Å². The van der Waals surface area contributed by atoms with Gasteiger partial charge < -0.3 is 21.3 Å². The third-order valence-corrected chi connectivity index (χ3v) is 4.07. The molecule has 9 nitrogen and oxygen atoms in total. The maximum atomic E-state index is 12.2. The molecule has 0 saturated heterocycles. The zero-order valence-electron chi connectivity index (χ0n) is 14.5. The van der Waals surface area contributed by atoms with Gasteiger partial charge in [0, 0.05) is 31.4 Å². The van der Waals surface area contributed by atoms with Gasteiger partial charge in [-0.05, 0) is 37.1 Å². The van der Waals surface area contributed by atoms with Crippen molar-refractivity contribution in [3.8, 4) is 0 Å². The number of amides is 2. The summed E-state index contributed by atoms with van der Waals surface area (Å²) in [6, 6.07) is 7.25. The molecule has 1 fully saturated rings. The fourth-order valence-corrected chi connectivity index (χ4v) is 2.37. The Hall–Kier alpha value is -3.36. The molecule has 0 radical (unpaired) electrons. The number of nitrogens with zero attached hydrogens (tertiary/aromatic N) is 2. The highest BCUT2D eigenvalue weighted by Crippen LogP contribution is 2.25. The minimum atomic E-state index is -0.829. The van der Waals surface area contributed by atoms with E-state index < -0.39 is 11.5 Å². The molecule has 1 aliphatic carbocycles. The SMILES string of the molecule is CC(=O)N(C)c1ccc(Nc2nc(NC3CC3)c(C(N)=O)c(=O)[nH]2)cc1. The number of hydrogen-bond acceptors (Lipinski definition) is 6. The number of hydrogen-bond donors (Lipinski definition) is 4. The van der Waals surface area contributed by atoms with Gasteiger partial charge in [-0.2, -0.15) is 4.98 Å². The lowest BCUT2D eigenvalue weighted by atomic mass is 10.2. The first-order valence-corrected chi connectivity index (χ1v) is 8.17. The summed E-state index contributed by atoms with van der Waals surface area (Å²) in [7, 11) is 1.68. The summed E-state index contributed by atoms with van der Waals surface area (Å²) in [5, 5.41) is 6.03. The molecule has 0 spiro atoms. The van der Waals surface area contributed by atoms with Crippen molar-refractivity contribution in [2.45, 2.75) is 25.8 Å². The van der Waals surface area contributed by atoms with Crippen LogP contribution in [0.4, 0.5) is 23.1 Å². The molecule has 0 aliphatic heterocycles. The van der Waals surface area contributed by atoms with Crippen molar-refractivity contribution in [3.63, 3.8) is 0 Å². The van der Waals surface area contributed by atoms with E-state index in [4.69, 9.17) is 5.73 Å². The molecule has 2 amide bonds. The highest BCUT2D eigenvalue weighted by Gasteiger charge is 2.25. The number of aromatic amines is 1. The molecule has 1 saturated carbocycles. The molecule has 1 aromatic heterocycles. The maximum absolute atomic E-state index is 12.2. The average Bonchev–Trinajstić information content (AvgIpc) is 3.38. The van der Waals surface area contributed by atoms with E-state index in [2.05, 4.69) is 20.6 Å². The van der Waals surface area contributed by atoms with Gasteiger partial charge in [0.25, 0.3) is 11.5 Å². The minimum absolute atomic E-state index is 0.0745. The zero-order chi connectivity index (χ0) is 18.8. The van der Waals surface area contributed by atoms with Crippen molar-refractivity contribution in [2.75, 3.05) is 22.6 Å². The van der Waals surface area contributed by atoms with Crippen LogP contribution in [-0.4, -0.2) is 34.9 Å². The van der Waals surface area contributed by atoms with Crippen LogP contribution in [-0.2, 0) is 4.79 Å². The second kappa shape index (κ2) is 6.87. The summed E-state index contributed by atoms with van der Waals surface area (Å²) in [5.74, 6) is -0.533. The highest BCUT2D eigenvalue weighted by atomic mass is 16.2. The summed E-state index contributed by atoms with van der Waals surface area (Å²) >= 11 is 0. The lowest BCUT2D eigenvalue weighted by Gasteiger charge is -2.15. The molecule has 0 bridgehead atoms. The molecular weight excluding hydrogens is 336 g/mol. The van der Waals surface area contributed by atoms with E-state index >= 15 is 0 Å². The van der Waals surface area contributed by atoms with Crippen molar-refractivity contribution in [1.82, 2.24) is 9.97 Å². The molecule has 0 atom stereocenters. The van der Waals surface area contributed by atoms with Crippen LogP contribution in [0.2, 0.25) is 0 Å². The Kier molecular flexibility index (Phi) is 4.61. The molecule has 1 aliphatic rings. The van der Waals surface area contributed by atoms with Crippen LogP contribution in [0.3, 0.4) is 0 Å². The Morgan fingerprint density at radius 3 is 2.46 bits per heavy atom. The number of nitrogens with two attached hydrogens (primary N) is 1. The highest BCUT2D eigenvalue weighted by molar-refractivity contribution is 5.97. The van der Waals surface area contributed by atoms with Gasteiger partial charge in [-0.15, -0.1) is 0 Å². The first kappa shape index (κ1) is 17.5. The van der Waals surface area contributed by atoms with E-state index in [0.717, 1.165) is 18.5 Å². The van der Waals surface area contributed by atoms with Crippen LogP contribution in [0.25, 0.3) is 0 Å². The molecule has 1 aromatic carbocycles. The summed E-state index contributed by atoms with van der Waals surface area (Å²) in [6.07, 6.45) is 1.92. The van der Waals surface area contributed by atoms with Crippen molar-refractivity contribution in [1.29, 1.82) is 0 Å². The Balaban J connectivity index is 1.85. The summed E-state index contributed by atoms with van der Waals surface area (Å²) in [6.45, 7) is 1.48. The first-order valence-electron chi connectivity index (χ1n) is 8.17. The topological polar surface area (TPSA) is 133 Å².